The van der Waals surface area contributed by atoms with Gasteiger partial charge in [-0.3, -0.25) is 0 Å². The molecule has 2 aromatic rings. The highest BCUT2D eigenvalue weighted by atomic mass is 16.4. The number of carbonyl (C=O) groups is 1. The first-order valence-corrected chi connectivity index (χ1v) is 5.57. The van der Waals surface area contributed by atoms with E-state index in [1.807, 2.05) is 24.4 Å². The Hall–Kier alpha value is -1.77. The Morgan fingerprint density at radius 3 is 2.88 bits per heavy atom. The summed E-state index contributed by atoms with van der Waals surface area (Å²) in [5, 5.41) is 9.92. The fraction of sp³-hybridized carbons (Fsp3) is 0.308. The maximum Gasteiger partial charge on any atom is 0.336 e. The fourth-order valence-electron chi connectivity index (χ4n) is 2.15. The van der Waals surface area contributed by atoms with Crippen LogP contribution < -0.4 is 0 Å². The van der Waals surface area contributed by atoms with E-state index in [0.29, 0.717) is 5.56 Å². The van der Waals surface area contributed by atoms with Crippen molar-refractivity contribution in [2.24, 2.45) is 5.92 Å². The van der Waals surface area contributed by atoms with E-state index in [1.54, 1.807) is 6.07 Å². The van der Waals surface area contributed by atoms with Gasteiger partial charge >= 0.3 is 5.97 Å². The molecular formula is C13H13NO2. The highest BCUT2D eigenvalue weighted by Crippen LogP contribution is 2.32. The van der Waals surface area contributed by atoms with Gasteiger partial charge in [-0.1, -0.05) is 6.07 Å². The molecule has 0 amide bonds. The third-order valence-corrected chi connectivity index (χ3v) is 3.20. The Morgan fingerprint density at radius 2 is 2.19 bits per heavy atom. The van der Waals surface area contributed by atoms with Crippen molar-refractivity contribution in [3.63, 3.8) is 0 Å². The lowest BCUT2D eigenvalue weighted by Gasteiger charge is -2.04. The zero-order valence-corrected chi connectivity index (χ0v) is 8.89. The van der Waals surface area contributed by atoms with Gasteiger partial charge in [0.25, 0.3) is 0 Å². The van der Waals surface area contributed by atoms with E-state index in [9.17, 15) is 4.79 Å². The topological polar surface area (TPSA) is 42.2 Å². The summed E-state index contributed by atoms with van der Waals surface area (Å²) < 4.78 is 2.17. The second-order valence-electron chi connectivity index (χ2n) is 4.46. The molecule has 0 aliphatic heterocycles. The number of nitrogens with zero attached hydrogens (tertiary/aromatic N) is 1. The molecule has 3 heteroatoms. The van der Waals surface area contributed by atoms with Crippen molar-refractivity contribution in [2.45, 2.75) is 19.4 Å². The van der Waals surface area contributed by atoms with E-state index in [-0.39, 0.29) is 0 Å². The van der Waals surface area contributed by atoms with Gasteiger partial charge in [-0.05, 0) is 37.0 Å². The minimum absolute atomic E-state index is 0.395. The first-order chi connectivity index (χ1) is 7.75. The highest BCUT2D eigenvalue weighted by molar-refractivity contribution is 6.02. The normalized spacial score (nSPS) is 15.5. The van der Waals surface area contributed by atoms with Crippen LogP contribution in [0.2, 0.25) is 0 Å². The Labute approximate surface area is 93.3 Å². The van der Waals surface area contributed by atoms with Crippen LogP contribution in [0.15, 0.2) is 30.5 Å². The summed E-state index contributed by atoms with van der Waals surface area (Å²) in [6.45, 7) is 1.02. The molecule has 1 aromatic carbocycles. The molecule has 3 rings (SSSR count). The van der Waals surface area contributed by atoms with Gasteiger partial charge in [0.1, 0.15) is 0 Å². The molecule has 0 atom stereocenters. The summed E-state index contributed by atoms with van der Waals surface area (Å²) in [7, 11) is 0. The zero-order valence-electron chi connectivity index (χ0n) is 8.89. The van der Waals surface area contributed by atoms with Gasteiger partial charge in [-0.15, -0.1) is 0 Å². The molecule has 3 nitrogen and oxygen atoms in total. The average molecular weight is 215 g/mol. The number of hydrogen-bond acceptors (Lipinski definition) is 1. The molecule has 1 aromatic heterocycles. The number of benzene rings is 1. The van der Waals surface area contributed by atoms with Crippen molar-refractivity contribution in [3.05, 3.63) is 36.0 Å². The number of carboxylic acid groups (broad SMARTS) is 1. The minimum atomic E-state index is -0.852. The van der Waals surface area contributed by atoms with Gasteiger partial charge in [0, 0.05) is 23.6 Å². The standard InChI is InChI=1S/C13H13NO2/c15-13(16)11-2-1-3-12-10(11)6-7-14(12)8-9-4-5-9/h1-3,6-7,9H,4-5,8H2,(H,15,16). The Balaban J connectivity index is 2.11. The SMILES string of the molecule is O=C(O)c1cccc2c1ccn2CC1CC1. The third-order valence-electron chi connectivity index (χ3n) is 3.20. The van der Waals surface area contributed by atoms with Crippen molar-refractivity contribution in [1.29, 1.82) is 0 Å². The lowest BCUT2D eigenvalue weighted by Crippen LogP contribution is -1.99. The smallest absolute Gasteiger partial charge is 0.336 e. The van der Waals surface area contributed by atoms with Crippen molar-refractivity contribution < 1.29 is 9.90 Å². The predicted octanol–water partition coefficient (Wildman–Crippen LogP) is 2.75. The second-order valence-corrected chi connectivity index (χ2v) is 4.46. The van der Waals surface area contributed by atoms with E-state index in [1.165, 1.54) is 12.8 Å². The summed E-state index contributed by atoms with van der Waals surface area (Å²) in [5.41, 5.74) is 1.43. The van der Waals surface area contributed by atoms with Crippen LogP contribution in [-0.4, -0.2) is 15.6 Å². The van der Waals surface area contributed by atoms with Crippen LogP contribution >= 0.6 is 0 Å². The predicted molar refractivity (Wildman–Crippen MR) is 61.6 cm³/mol. The molecule has 0 saturated heterocycles. The number of rotatable bonds is 3. The van der Waals surface area contributed by atoms with E-state index in [2.05, 4.69) is 4.57 Å². The lowest BCUT2D eigenvalue weighted by molar-refractivity contribution is 0.0699. The molecule has 82 valence electrons. The summed E-state index contributed by atoms with van der Waals surface area (Å²) in [6, 6.07) is 7.37. The quantitative estimate of drug-likeness (QED) is 0.855. The highest BCUT2D eigenvalue weighted by Gasteiger charge is 2.22. The van der Waals surface area contributed by atoms with Crippen molar-refractivity contribution in [3.8, 4) is 0 Å². The Bertz CT molecular complexity index is 552. The lowest BCUT2D eigenvalue weighted by atomic mass is 10.1. The van der Waals surface area contributed by atoms with Crippen LogP contribution in [0.5, 0.6) is 0 Å². The first kappa shape index (κ1) is 9.46. The van der Waals surface area contributed by atoms with Gasteiger partial charge < -0.3 is 9.67 Å². The molecule has 1 heterocycles. The zero-order chi connectivity index (χ0) is 11.1. The van der Waals surface area contributed by atoms with Crippen LogP contribution in [0.3, 0.4) is 0 Å². The van der Waals surface area contributed by atoms with E-state index in [4.69, 9.17) is 5.11 Å². The summed E-state index contributed by atoms with van der Waals surface area (Å²) >= 11 is 0. The minimum Gasteiger partial charge on any atom is -0.478 e. The molecular weight excluding hydrogens is 202 g/mol. The second kappa shape index (κ2) is 3.37. The number of aromatic nitrogens is 1. The molecule has 1 aliphatic rings. The van der Waals surface area contributed by atoms with Gasteiger partial charge in [0.2, 0.25) is 0 Å². The van der Waals surface area contributed by atoms with Gasteiger partial charge in [-0.2, -0.15) is 0 Å². The number of hydrogen-bond donors (Lipinski definition) is 1. The maximum atomic E-state index is 11.0. The molecule has 1 aliphatic carbocycles. The van der Waals surface area contributed by atoms with Crippen LogP contribution in [-0.2, 0) is 6.54 Å². The Kier molecular flexibility index (Phi) is 1.99. The van der Waals surface area contributed by atoms with E-state index < -0.39 is 5.97 Å². The van der Waals surface area contributed by atoms with E-state index in [0.717, 1.165) is 23.4 Å². The van der Waals surface area contributed by atoms with Crippen molar-refractivity contribution >= 4 is 16.9 Å². The average Bonchev–Trinajstić information content (AvgIpc) is 2.98. The van der Waals surface area contributed by atoms with Gasteiger partial charge in [-0.25, -0.2) is 4.79 Å². The van der Waals surface area contributed by atoms with Crippen LogP contribution in [0.25, 0.3) is 10.9 Å². The molecule has 1 saturated carbocycles. The molecule has 0 radical (unpaired) electrons. The van der Waals surface area contributed by atoms with Crippen LogP contribution in [0.4, 0.5) is 0 Å². The molecule has 16 heavy (non-hydrogen) atoms. The van der Waals surface area contributed by atoms with Crippen molar-refractivity contribution in [2.75, 3.05) is 0 Å². The van der Waals surface area contributed by atoms with Crippen LogP contribution in [0, 0.1) is 5.92 Å². The van der Waals surface area contributed by atoms with Gasteiger partial charge in [0.15, 0.2) is 0 Å². The number of carboxylic acids is 1. The van der Waals surface area contributed by atoms with Gasteiger partial charge in [0.05, 0.1) is 5.56 Å². The maximum absolute atomic E-state index is 11.0. The molecule has 0 spiro atoms. The number of aromatic carboxylic acids is 1. The van der Waals surface area contributed by atoms with E-state index >= 15 is 0 Å². The first-order valence-electron chi connectivity index (χ1n) is 5.57. The van der Waals surface area contributed by atoms with Crippen LogP contribution in [0.1, 0.15) is 23.2 Å². The summed E-state index contributed by atoms with van der Waals surface area (Å²) in [4.78, 5) is 11.0. The summed E-state index contributed by atoms with van der Waals surface area (Å²) in [6.07, 6.45) is 4.60. The Morgan fingerprint density at radius 1 is 1.38 bits per heavy atom. The monoisotopic (exact) mass is 215 g/mol. The summed E-state index contributed by atoms with van der Waals surface area (Å²) in [5.74, 6) is -0.0566. The largest absolute Gasteiger partial charge is 0.478 e. The molecule has 0 unspecified atom stereocenters. The molecule has 0 bridgehead atoms. The number of fused-ring (bicyclic) bond motifs is 1. The third kappa shape index (κ3) is 1.48. The van der Waals surface area contributed by atoms with Crippen molar-refractivity contribution in [1.82, 2.24) is 4.57 Å². The molecule has 1 N–H and O–H groups in total. The fourth-order valence-corrected chi connectivity index (χ4v) is 2.15. The molecule has 1 fully saturated rings.